The van der Waals surface area contributed by atoms with Gasteiger partial charge in [-0.25, -0.2) is 17.9 Å². The van der Waals surface area contributed by atoms with E-state index in [1.807, 2.05) is 20.8 Å². The molecular weight excluding hydrogens is 381 g/mol. The first-order chi connectivity index (χ1) is 12.3. The quantitative estimate of drug-likeness (QED) is 0.796. The van der Waals surface area contributed by atoms with Gasteiger partial charge in [-0.15, -0.1) is 0 Å². The lowest BCUT2D eigenvalue weighted by atomic mass is 9.87. The molecule has 2 N–H and O–H groups in total. The monoisotopic (exact) mass is 400 g/mol. The highest BCUT2D eigenvalue weighted by Gasteiger charge is 2.30. The summed E-state index contributed by atoms with van der Waals surface area (Å²) in [6.07, 6.45) is -4.57. The molecule has 0 atom stereocenters. The summed E-state index contributed by atoms with van der Waals surface area (Å²) in [6, 6.07) is 8.73. The Hall–Kier alpha value is -2.55. The summed E-state index contributed by atoms with van der Waals surface area (Å²) in [5.74, 6) is 0. The summed E-state index contributed by atoms with van der Waals surface area (Å²) in [5, 5.41) is 2.09. The molecule has 0 saturated carbocycles. The summed E-state index contributed by atoms with van der Waals surface area (Å²) >= 11 is 0. The number of sulfonamides is 1. The Labute approximate surface area is 155 Å². The maximum atomic E-state index is 12.7. The number of anilines is 1. The lowest BCUT2D eigenvalue weighted by Gasteiger charge is -2.19. The second-order valence-corrected chi connectivity index (χ2v) is 8.59. The number of nitrogens with one attached hydrogen (secondary N) is 2. The third kappa shape index (κ3) is 5.46. The lowest BCUT2D eigenvalue weighted by Crippen LogP contribution is -2.34. The Morgan fingerprint density at radius 3 is 2.04 bits per heavy atom. The highest BCUT2D eigenvalue weighted by Crippen LogP contribution is 2.30. The van der Waals surface area contributed by atoms with Crippen molar-refractivity contribution < 1.29 is 26.4 Å². The highest BCUT2D eigenvalue weighted by molar-refractivity contribution is 7.90. The second-order valence-electron chi connectivity index (χ2n) is 6.91. The van der Waals surface area contributed by atoms with E-state index < -0.39 is 27.8 Å². The van der Waals surface area contributed by atoms with Crippen molar-refractivity contribution in [3.63, 3.8) is 0 Å². The van der Waals surface area contributed by atoms with E-state index in [2.05, 4.69) is 5.32 Å². The average Bonchev–Trinajstić information content (AvgIpc) is 2.53. The SMILES string of the molecule is CC(C)(C)c1ccc(S(=O)(=O)NC(=O)Nc2cccc(C(F)(F)F)c2)cc1. The first kappa shape index (κ1) is 20.8. The van der Waals surface area contributed by atoms with Gasteiger partial charge < -0.3 is 5.32 Å². The van der Waals surface area contributed by atoms with Crippen LogP contribution in [-0.4, -0.2) is 14.4 Å². The van der Waals surface area contributed by atoms with Crippen molar-refractivity contribution >= 4 is 21.7 Å². The molecule has 0 aliphatic rings. The molecule has 0 aliphatic heterocycles. The van der Waals surface area contributed by atoms with Gasteiger partial charge in [-0.3, -0.25) is 0 Å². The van der Waals surface area contributed by atoms with E-state index in [4.69, 9.17) is 0 Å². The molecule has 0 aliphatic carbocycles. The molecule has 2 amide bonds. The zero-order valence-electron chi connectivity index (χ0n) is 14.9. The van der Waals surface area contributed by atoms with Crippen molar-refractivity contribution in [2.45, 2.75) is 37.3 Å². The Morgan fingerprint density at radius 2 is 1.52 bits per heavy atom. The average molecular weight is 400 g/mol. The molecule has 27 heavy (non-hydrogen) atoms. The van der Waals surface area contributed by atoms with Gasteiger partial charge in [0.25, 0.3) is 10.0 Å². The fraction of sp³-hybridized carbons (Fsp3) is 0.278. The van der Waals surface area contributed by atoms with Crippen LogP contribution in [0.1, 0.15) is 31.9 Å². The Balaban J connectivity index is 2.13. The van der Waals surface area contributed by atoms with Crippen molar-refractivity contribution in [2.75, 3.05) is 5.32 Å². The summed E-state index contributed by atoms with van der Waals surface area (Å²) in [5.41, 5.74) is -0.396. The number of hydrogen-bond acceptors (Lipinski definition) is 3. The van der Waals surface area contributed by atoms with E-state index in [0.29, 0.717) is 6.07 Å². The smallest absolute Gasteiger partial charge is 0.307 e. The largest absolute Gasteiger partial charge is 0.416 e. The Kier molecular flexibility index (Phi) is 5.55. The topological polar surface area (TPSA) is 75.3 Å². The molecule has 5 nitrogen and oxygen atoms in total. The number of rotatable bonds is 3. The number of alkyl halides is 3. The van der Waals surface area contributed by atoms with E-state index in [1.165, 1.54) is 18.2 Å². The van der Waals surface area contributed by atoms with Crippen molar-refractivity contribution in [1.82, 2.24) is 4.72 Å². The van der Waals surface area contributed by atoms with Gasteiger partial charge in [0, 0.05) is 5.69 Å². The highest BCUT2D eigenvalue weighted by atomic mass is 32.2. The molecular formula is C18H19F3N2O3S. The van der Waals surface area contributed by atoms with E-state index >= 15 is 0 Å². The maximum absolute atomic E-state index is 12.7. The maximum Gasteiger partial charge on any atom is 0.416 e. The third-order valence-corrected chi connectivity index (χ3v) is 5.05. The van der Waals surface area contributed by atoms with Crippen molar-refractivity contribution in [3.05, 3.63) is 59.7 Å². The van der Waals surface area contributed by atoms with Gasteiger partial charge >= 0.3 is 12.2 Å². The van der Waals surface area contributed by atoms with E-state index in [0.717, 1.165) is 17.7 Å². The van der Waals surface area contributed by atoms with Crippen molar-refractivity contribution in [2.24, 2.45) is 0 Å². The minimum Gasteiger partial charge on any atom is -0.307 e. The first-order valence-corrected chi connectivity index (χ1v) is 9.39. The molecule has 0 spiro atoms. The van der Waals surface area contributed by atoms with Crippen LogP contribution < -0.4 is 10.0 Å². The normalized spacial score (nSPS) is 12.5. The number of carbonyl (C=O) groups is 1. The number of carbonyl (C=O) groups excluding carboxylic acids is 1. The number of urea groups is 1. The fourth-order valence-electron chi connectivity index (χ4n) is 2.24. The molecule has 0 radical (unpaired) electrons. The molecule has 0 fully saturated rings. The minimum atomic E-state index is -4.57. The summed E-state index contributed by atoms with van der Waals surface area (Å²) in [6.45, 7) is 5.91. The van der Waals surface area contributed by atoms with Gasteiger partial charge in [-0.2, -0.15) is 13.2 Å². The van der Waals surface area contributed by atoms with Crippen molar-refractivity contribution in [1.29, 1.82) is 0 Å². The Bertz CT molecular complexity index is 932. The van der Waals surface area contributed by atoms with Crippen LogP contribution in [0.2, 0.25) is 0 Å². The van der Waals surface area contributed by atoms with Gasteiger partial charge in [0.1, 0.15) is 0 Å². The van der Waals surface area contributed by atoms with Crippen LogP contribution in [-0.2, 0) is 21.6 Å². The zero-order chi connectivity index (χ0) is 20.5. The van der Waals surface area contributed by atoms with Crippen LogP contribution in [0.3, 0.4) is 0 Å². The molecule has 0 bridgehead atoms. The fourth-order valence-corrected chi connectivity index (χ4v) is 3.15. The molecule has 0 unspecified atom stereocenters. The van der Waals surface area contributed by atoms with Gasteiger partial charge in [0.05, 0.1) is 10.5 Å². The lowest BCUT2D eigenvalue weighted by molar-refractivity contribution is -0.137. The molecule has 146 valence electrons. The first-order valence-electron chi connectivity index (χ1n) is 7.91. The Morgan fingerprint density at radius 1 is 0.926 bits per heavy atom. The molecule has 9 heteroatoms. The van der Waals surface area contributed by atoms with Crippen LogP contribution in [0.25, 0.3) is 0 Å². The van der Waals surface area contributed by atoms with E-state index in [1.54, 1.807) is 16.9 Å². The molecule has 0 aromatic heterocycles. The zero-order valence-corrected chi connectivity index (χ0v) is 15.7. The van der Waals surface area contributed by atoms with Gasteiger partial charge in [0.2, 0.25) is 0 Å². The third-order valence-electron chi connectivity index (χ3n) is 3.71. The van der Waals surface area contributed by atoms with Crippen LogP contribution in [0.5, 0.6) is 0 Å². The molecule has 2 rings (SSSR count). The number of halogens is 3. The molecule has 2 aromatic rings. The van der Waals surface area contributed by atoms with Gasteiger partial charge in [-0.05, 0) is 41.3 Å². The molecule has 0 saturated heterocycles. The summed E-state index contributed by atoms with van der Waals surface area (Å²) in [4.78, 5) is 11.8. The van der Waals surface area contributed by atoms with Crippen LogP contribution in [0, 0.1) is 0 Å². The molecule has 0 heterocycles. The summed E-state index contributed by atoms with van der Waals surface area (Å²) < 4.78 is 64.4. The molecule has 2 aromatic carbocycles. The van der Waals surface area contributed by atoms with Crippen LogP contribution >= 0.6 is 0 Å². The second kappa shape index (κ2) is 7.22. The van der Waals surface area contributed by atoms with Crippen LogP contribution in [0.15, 0.2) is 53.4 Å². The summed E-state index contributed by atoms with van der Waals surface area (Å²) in [7, 11) is -4.16. The predicted molar refractivity (Wildman–Crippen MR) is 95.9 cm³/mol. The van der Waals surface area contributed by atoms with Gasteiger partial charge in [0.15, 0.2) is 0 Å². The number of benzene rings is 2. The van der Waals surface area contributed by atoms with Crippen LogP contribution in [0.4, 0.5) is 23.7 Å². The van der Waals surface area contributed by atoms with E-state index in [-0.39, 0.29) is 16.0 Å². The van der Waals surface area contributed by atoms with Crippen molar-refractivity contribution in [3.8, 4) is 0 Å². The number of amides is 2. The minimum absolute atomic E-state index is 0.130. The van der Waals surface area contributed by atoms with Gasteiger partial charge in [-0.1, -0.05) is 39.0 Å². The predicted octanol–water partition coefficient (Wildman–Crippen LogP) is 4.51. The number of hydrogen-bond donors (Lipinski definition) is 2. The standard InChI is InChI=1S/C18H19F3N2O3S/c1-17(2,3)12-7-9-15(10-8-12)27(25,26)23-16(24)22-14-6-4-5-13(11-14)18(19,20)21/h4-11H,1-3H3,(H2,22,23,24). The van der Waals surface area contributed by atoms with E-state index in [9.17, 15) is 26.4 Å².